The van der Waals surface area contributed by atoms with Gasteiger partial charge in [-0.05, 0) is 42.3 Å². The lowest BCUT2D eigenvalue weighted by Crippen LogP contribution is -2.27. The average molecular weight is 400 g/mol. The molecule has 0 radical (unpaired) electrons. The van der Waals surface area contributed by atoms with Gasteiger partial charge in [-0.2, -0.15) is 0 Å². The van der Waals surface area contributed by atoms with Crippen LogP contribution in [-0.2, 0) is 21.1 Å². The van der Waals surface area contributed by atoms with E-state index in [4.69, 9.17) is 16.3 Å². The van der Waals surface area contributed by atoms with Crippen LogP contribution < -0.4 is 10.1 Å². The topological polar surface area (TPSA) is 72.5 Å². The SMILES string of the molecule is COc1ccc(S(=O)(=O)CCC(=O)NCCc2ccc(F)cc2)cc1Cl. The first kappa shape index (κ1) is 20.2. The smallest absolute Gasteiger partial charge is 0.221 e. The maximum atomic E-state index is 12.8. The molecule has 0 saturated carbocycles. The van der Waals surface area contributed by atoms with Crippen LogP contribution in [0.1, 0.15) is 12.0 Å². The Morgan fingerprint density at radius 3 is 2.50 bits per heavy atom. The van der Waals surface area contributed by atoms with Gasteiger partial charge in [-0.25, -0.2) is 12.8 Å². The number of halogens is 2. The molecule has 26 heavy (non-hydrogen) atoms. The van der Waals surface area contributed by atoms with Crippen molar-refractivity contribution in [2.45, 2.75) is 17.7 Å². The fourth-order valence-corrected chi connectivity index (χ4v) is 3.86. The fourth-order valence-electron chi connectivity index (χ4n) is 2.27. The van der Waals surface area contributed by atoms with Crippen molar-refractivity contribution in [3.63, 3.8) is 0 Å². The Morgan fingerprint density at radius 1 is 1.19 bits per heavy atom. The molecular weight excluding hydrogens is 381 g/mol. The maximum Gasteiger partial charge on any atom is 0.221 e. The largest absolute Gasteiger partial charge is 0.495 e. The number of hydrogen-bond acceptors (Lipinski definition) is 4. The van der Waals surface area contributed by atoms with Crippen molar-refractivity contribution in [3.8, 4) is 5.75 Å². The summed E-state index contributed by atoms with van der Waals surface area (Å²) < 4.78 is 42.4. The number of hydrogen-bond donors (Lipinski definition) is 1. The third-order valence-corrected chi connectivity index (χ3v) is 5.74. The molecule has 0 heterocycles. The molecule has 0 fully saturated rings. The van der Waals surface area contributed by atoms with Gasteiger partial charge >= 0.3 is 0 Å². The van der Waals surface area contributed by atoms with Gasteiger partial charge < -0.3 is 10.1 Å². The predicted octanol–water partition coefficient (Wildman–Crippen LogP) is 3.01. The van der Waals surface area contributed by atoms with E-state index in [1.54, 1.807) is 12.1 Å². The predicted molar refractivity (Wildman–Crippen MR) is 97.8 cm³/mol. The number of benzene rings is 2. The van der Waals surface area contributed by atoms with E-state index in [1.807, 2.05) is 0 Å². The van der Waals surface area contributed by atoms with Crippen molar-refractivity contribution in [1.82, 2.24) is 5.32 Å². The number of ether oxygens (including phenoxy) is 1. The van der Waals surface area contributed by atoms with Gasteiger partial charge in [-0.1, -0.05) is 23.7 Å². The Labute approximate surface area is 157 Å². The molecule has 0 spiro atoms. The molecule has 0 aromatic heterocycles. The number of amides is 1. The standard InChI is InChI=1S/C18H19ClFNO4S/c1-25-17-7-6-15(12-16(17)19)26(23,24)11-9-18(22)21-10-8-13-2-4-14(20)5-3-13/h2-7,12H,8-11H2,1H3,(H,21,22). The van der Waals surface area contributed by atoms with Gasteiger partial charge in [0, 0.05) is 13.0 Å². The number of nitrogens with one attached hydrogen (secondary N) is 1. The molecule has 1 N–H and O–H groups in total. The van der Waals surface area contributed by atoms with E-state index in [1.165, 1.54) is 37.4 Å². The molecule has 0 aliphatic rings. The van der Waals surface area contributed by atoms with Gasteiger partial charge in [-0.3, -0.25) is 4.79 Å². The molecule has 140 valence electrons. The second-order valence-electron chi connectivity index (χ2n) is 5.59. The second-order valence-corrected chi connectivity index (χ2v) is 8.11. The first-order valence-corrected chi connectivity index (χ1v) is 9.92. The molecule has 2 rings (SSSR count). The first-order chi connectivity index (χ1) is 12.3. The monoisotopic (exact) mass is 399 g/mol. The highest BCUT2D eigenvalue weighted by Crippen LogP contribution is 2.27. The van der Waals surface area contributed by atoms with Crippen LogP contribution in [0.3, 0.4) is 0 Å². The van der Waals surface area contributed by atoms with Crippen molar-refractivity contribution in [3.05, 3.63) is 58.9 Å². The summed E-state index contributed by atoms with van der Waals surface area (Å²) >= 11 is 5.94. The van der Waals surface area contributed by atoms with E-state index < -0.39 is 9.84 Å². The minimum Gasteiger partial charge on any atom is -0.495 e. The van der Waals surface area contributed by atoms with Crippen LogP contribution in [0.5, 0.6) is 5.75 Å². The third-order valence-electron chi connectivity index (χ3n) is 3.73. The van der Waals surface area contributed by atoms with Gasteiger partial charge in [0.05, 0.1) is 22.8 Å². The van der Waals surface area contributed by atoms with Crippen LogP contribution >= 0.6 is 11.6 Å². The van der Waals surface area contributed by atoms with Crippen molar-refractivity contribution in [1.29, 1.82) is 0 Å². The number of methoxy groups -OCH3 is 1. The van der Waals surface area contributed by atoms with Crippen molar-refractivity contribution in [2.24, 2.45) is 0 Å². The fraction of sp³-hybridized carbons (Fsp3) is 0.278. The second kappa shape index (κ2) is 9.00. The van der Waals surface area contributed by atoms with Crippen molar-refractivity contribution < 1.29 is 22.3 Å². The molecular formula is C18H19ClFNO4S. The normalized spacial score (nSPS) is 11.2. The lowest BCUT2D eigenvalue weighted by atomic mass is 10.1. The van der Waals surface area contributed by atoms with E-state index >= 15 is 0 Å². The van der Waals surface area contributed by atoms with E-state index in [2.05, 4.69) is 5.32 Å². The zero-order valence-corrected chi connectivity index (χ0v) is 15.7. The molecule has 2 aromatic rings. The van der Waals surface area contributed by atoms with Gasteiger partial charge in [0.2, 0.25) is 5.91 Å². The molecule has 8 heteroatoms. The van der Waals surface area contributed by atoms with E-state index in [0.717, 1.165) is 5.56 Å². The number of rotatable bonds is 8. The molecule has 0 atom stereocenters. The highest BCUT2D eigenvalue weighted by atomic mass is 35.5. The van der Waals surface area contributed by atoms with E-state index in [0.29, 0.717) is 18.7 Å². The van der Waals surface area contributed by atoms with Gasteiger partial charge in [0.15, 0.2) is 9.84 Å². The first-order valence-electron chi connectivity index (χ1n) is 7.89. The van der Waals surface area contributed by atoms with Crippen LogP contribution in [0.25, 0.3) is 0 Å². The number of carbonyl (C=O) groups excluding carboxylic acids is 1. The zero-order valence-electron chi connectivity index (χ0n) is 14.2. The minimum atomic E-state index is -3.63. The molecule has 2 aromatic carbocycles. The van der Waals surface area contributed by atoms with Gasteiger partial charge in [-0.15, -0.1) is 0 Å². The Bertz CT molecular complexity index is 869. The molecule has 0 aliphatic heterocycles. The molecule has 0 saturated heterocycles. The number of carbonyl (C=O) groups is 1. The minimum absolute atomic E-state index is 0.0439. The third kappa shape index (κ3) is 5.71. The molecule has 0 aliphatic carbocycles. The Kier molecular flexibility index (Phi) is 6.99. The summed E-state index contributed by atoms with van der Waals surface area (Å²) in [5, 5.41) is 2.85. The van der Waals surface area contributed by atoms with Crippen molar-refractivity contribution >= 4 is 27.3 Å². The summed E-state index contributed by atoms with van der Waals surface area (Å²) in [6.45, 7) is 0.346. The summed E-state index contributed by atoms with van der Waals surface area (Å²) in [6, 6.07) is 10.2. The van der Waals surface area contributed by atoms with Crippen LogP contribution in [0.15, 0.2) is 47.4 Å². The van der Waals surface area contributed by atoms with Gasteiger partial charge in [0.25, 0.3) is 0 Å². The summed E-state index contributed by atoms with van der Waals surface area (Å²) in [5.74, 6) is -0.626. The van der Waals surface area contributed by atoms with Crippen molar-refractivity contribution in [2.75, 3.05) is 19.4 Å². The molecule has 1 amide bonds. The van der Waals surface area contributed by atoms with E-state index in [-0.39, 0.29) is 33.8 Å². The summed E-state index contributed by atoms with van der Waals surface area (Å²) in [4.78, 5) is 11.9. The summed E-state index contributed by atoms with van der Waals surface area (Å²) in [5.41, 5.74) is 0.882. The van der Waals surface area contributed by atoms with E-state index in [9.17, 15) is 17.6 Å². The van der Waals surface area contributed by atoms with Crippen LogP contribution in [-0.4, -0.2) is 33.7 Å². The van der Waals surface area contributed by atoms with Crippen LogP contribution in [0.4, 0.5) is 4.39 Å². The van der Waals surface area contributed by atoms with Crippen LogP contribution in [0.2, 0.25) is 5.02 Å². The molecule has 5 nitrogen and oxygen atoms in total. The summed E-state index contributed by atoms with van der Waals surface area (Å²) in [7, 11) is -2.19. The van der Waals surface area contributed by atoms with Crippen LogP contribution in [0, 0.1) is 5.82 Å². The Balaban J connectivity index is 1.83. The van der Waals surface area contributed by atoms with Gasteiger partial charge in [0.1, 0.15) is 11.6 Å². The lowest BCUT2D eigenvalue weighted by Gasteiger charge is -2.08. The highest BCUT2D eigenvalue weighted by molar-refractivity contribution is 7.91. The quantitative estimate of drug-likeness (QED) is 0.740. The maximum absolute atomic E-state index is 12.8. The molecule has 0 unspecified atom stereocenters. The zero-order chi connectivity index (χ0) is 19.2. The average Bonchev–Trinajstić information content (AvgIpc) is 2.61. The number of sulfone groups is 1. The lowest BCUT2D eigenvalue weighted by molar-refractivity contribution is -0.120. The highest BCUT2D eigenvalue weighted by Gasteiger charge is 2.18. The Morgan fingerprint density at radius 2 is 1.88 bits per heavy atom. The summed E-state index contributed by atoms with van der Waals surface area (Å²) in [6.07, 6.45) is 0.377. The Hall–Kier alpha value is -2.12. The molecule has 0 bridgehead atoms.